The molecule has 37 heavy (non-hydrogen) atoms. The minimum atomic E-state index is -0.727. The molecule has 3 heterocycles. The third-order valence-electron chi connectivity index (χ3n) is 5.67. The molecule has 0 amide bonds. The average Bonchev–Trinajstić information content (AvgIpc) is 3.62. The lowest BCUT2D eigenvalue weighted by atomic mass is 10.2. The van der Waals surface area contributed by atoms with Gasteiger partial charge in [0.15, 0.2) is 0 Å². The molecule has 0 aliphatic heterocycles. The van der Waals surface area contributed by atoms with Crippen LogP contribution in [-0.4, -0.2) is 55.6 Å². The van der Waals surface area contributed by atoms with Crippen LogP contribution in [-0.2, 0) is 13.0 Å². The van der Waals surface area contributed by atoms with Crippen LogP contribution in [0.5, 0.6) is 0 Å². The number of nitro groups is 2. The Balaban J connectivity index is 1.71. The highest BCUT2D eigenvalue weighted by atomic mass is 16.6. The Hall–Kier alpha value is -4.82. The lowest BCUT2D eigenvalue weighted by molar-refractivity contribution is -0.394. The van der Waals surface area contributed by atoms with E-state index < -0.39 is 21.4 Å². The Morgan fingerprint density at radius 3 is 2.43 bits per heavy atom. The minimum Gasteiger partial charge on any atom is -0.358 e. The van der Waals surface area contributed by atoms with Crippen molar-refractivity contribution in [2.75, 3.05) is 0 Å². The van der Waals surface area contributed by atoms with Crippen LogP contribution < -0.4 is 0 Å². The molecule has 0 aliphatic rings. The number of ketones is 1. The van der Waals surface area contributed by atoms with Gasteiger partial charge in [-0.05, 0) is 45.9 Å². The third-order valence-corrected chi connectivity index (χ3v) is 5.67. The SMILES string of the molecule is CCCCc1nc(C(=O)CCC)nn1Cc1ccc(-n2c([N+](=O)[O-])cc([N+](=O)[O-])c2-c2nnn[nH]2)cc1. The van der Waals surface area contributed by atoms with E-state index in [1.54, 1.807) is 28.9 Å². The lowest BCUT2D eigenvalue weighted by Gasteiger charge is -2.08. The van der Waals surface area contributed by atoms with Crippen molar-refractivity contribution in [1.29, 1.82) is 0 Å². The summed E-state index contributed by atoms with van der Waals surface area (Å²) in [6, 6.07) is 7.53. The number of carbonyl (C=O) groups excluding carboxylic acids is 1. The van der Waals surface area contributed by atoms with Crippen LogP contribution in [0.2, 0.25) is 0 Å². The molecule has 0 fully saturated rings. The number of hydrogen-bond donors (Lipinski definition) is 1. The number of H-pyrrole nitrogens is 1. The molecule has 4 aromatic rings. The van der Waals surface area contributed by atoms with Crippen molar-refractivity contribution in [3.05, 3.63) is 67.8 Å². The van der Waals surface area contributed by atoms with E-state index in [4.69, 9.17) is 0 Å². The van der Waals surface area contributed by atoms with E-state index in [0.717, 1.165) is 29.0 Å². The van der Waals surface area contributed by atoms with Gasteiger partial charge in [-0.3, -0.25) is 14.9 Å². The van der Waals surface area contributed by atoms with Crippen molar-refractivity contribution in [1.82, 2.24) is 40.0 Å². The van der Waals surface area contributed by atoms with Crippen molar-refractivity contribution >= 4 is 17.3 Å². The van der Waals surface area contributed by atoms with Crippen molar-refractivity contribution in [3.8, 4) is 17.2 Å². The highest BCUT2D eigenvalue weighted by Gasteiger charge is 2.35. The largest absolute Gasteiger partial charge is 0.358 e. The second-order valence-corrected chi connectivity index (χ2v) is 8.29. The predicted molar refractivity (Wildman–Crippen MR) is 129 cm³/mol. The van der Waals surface area contributed by atoms with Gasteiger partial charge < -0.3 is 10.1 Å². The van der Waals surface area contributed by atoms with E-state index in [1.807, 2.05) is 6.92 Å². The first kappa shape index (κ1) is 25.3. The highest BCUT2D eigenvalue weighted by molar-refractivity contribution is 5.92. The van der Waals surface area contributed by atoms with Crippen LogP contribution in [0.1, 0.15) is 61.5 Å². The Bertz CT molecular complexity index is 1420. The summed E-state index contributed by atoms with van der Waals surface area (Å²) in [6.07, 6.45) is 3.61. The first-order valence-electron chi connectivity index (χ1n) is 11.7. The maximum Gasteiger partial charge on any atom is 0.335 e. The van der Waals surface area contributed by atoms with Crippen molar-refractivity contribution < 1.29 is 14.6 Å². The number of nitrogens with one attached hydrogen (secondary N) is 1. The monoisotopic (exact) mass is 508 g/mol. The summed E-state index contributed by atoms with van der Waals surface area (Å²) in [5.74, 6) is 0.206. The van der Waals surface area contributed by atoms with E-state index in [9.17, 15) is 25.0 Å². The summed E-state index contributed by atoms with van der Waals surface area (Å²) in [5.41, 5.74) is 0.445. The number of Topliss-reactive ketones (excluding diaryl/α,β-unsaturated/α-hetero) is 1. The zero-order valence-electron chi connectivity index (χ0n) is 20.2. The summed E-state index contributed by atoms with van der Waals surface area (Å²) in [5, 5.41) is 40.8. The molecular weight excluding hydrogens is 484 g/mol. The lowest BCUT2D eigenvalue weighted by Crippen LogP contribution is -2.08. The van der Waals surface area contributed by atoms with E-state index in [1.165, 1.54) is 0 Å². The quantitative estimate of drug-likeness (QED) is 0.168. The van der Waals surface area contributed by atoms with Gasteiger partial charge in [0.05, 0.1) is 11.5 Å². The zero-order valence-corrected chi connectivity index (χ0v) is 20.2. The van der Waals surface area contributed by atoms with Crippen LogP contribution in [0, 0.1) is 20.2 Å². The summed E-state index contributed by atoms with van der Waals surface area (Å²) in [6.45, 7) is 4.32. The molecule has 192 valence electrons. The molecule has 4 rings (SSSR count). The molecule has 0 atom stereocenters. The molecule has 0 radical (unpaired) electrons. The van der Waals surface area contributed by atoms with Crippen molar-refractivity contribution in [2.24, 2.45) is 0 Å². The van der Waals surface area contributed by atoms with Gasteiger partial charge in [-0.15, -0.1) is 10.2 Å². The van der Waals surface area contributed by atoms with Gasteiger partial charge >= 0.3 is 11.5 Å². The number of aromatic nitrogens is 8. The maximum atomic E-state index is 12.3. The fourth-order valence-electron chi connectivity index (χ4n) is 3.91. The summed E-state index contributed by atoms with van der Waals surface area (Å²) < 4.78 is 2.82. The number of unbranched alkanes of at least 4 members (excludes halogenated alkanes) is 1. The Labute approximate surface area is 209 Å². The first-order valence-corrected chi connectivity index (χ1v) is 11.7. The molecule has 0 saturated carbocycles. The maximum absolute atomic E-state index is 12.3. The number of aryl methyl sites for hydroxylation is 1. The molecule has 3 aromatic heterocycles. The molecule has 0 unspecified atom stereocenters. The number of rotatable bonds is 12. The number of nitrogens with zero attached hydrogens (tertiary/aromatic N) is 9. The van der Waals surface area contributed by atoms with Gasteiger partial charge in [0.2, 0.25) is 17.4 Å². The fourth-order valence-corrected chi connectivity index (χ4v) is 3.91. The zero-order chi connectivity index (χ0) is 26.5. The Morgan fingerprint density at radius 1 is 1.08 bits per heavy atom. The van der Waals surface area contributed by atoms with Crippen molar-refractivity contribution in [3.63, 3.8) is 0 Å². The second-order valence-electron chi connectivity index (χ2n) is 8.29. The molecule has 0 aliphatic carbocycles. The summed E-state index contributed by atoms with van der Waals surface area (Å²) >= 11 is 0. The Kier molecular flexibility index (Phi) is 7.41. The standard InChI is InChI=1S/C22H24N10O5/c1-3-5-7-18-23-21(17(33)6-4-2)26-29(18)13-14-8-10-15(11-9-14)30-19(32(36)37)12-16(31(34)35)20(30)22-24-27-28-25-22/h8-12H,3-7,13H2,1-2H3,(H,24,25,27,28). The fraction of sp³-hybridized carbons (Fsp3) is 0.364. The van der Waals surface area contributed by atoms with Gasteiger partial charge in [-0.25, -0.2) is 14.8 Å². The number of carbonyl (C=O) groups is 1. The smallest absolute Gasteiger partial charge is 0.335 e. The van der Waals surface area contributed by atoms with E-state index in [2.05, 4.69) is 37.6 Å². The number of aromatic amines is 1. The van der Waals surface area contributed by atoms with Crippen LogP contribution in [0.4, 0.5) is 11.5 Å². The Morgan fingerprint density at radius 2 is 1.84 bits per heavy atom. The van der Waals surface area contributed by atoms with Crippen LogP contribution >= 0.6 is 0 Å². The van der Waals surface area contributed by atoms with Gasteiger partial charge in [-0.1, -0.05) is 32.4 Å². The topological polar surface area (TPSA) is 193 Å². The molecule has 0 bridgehead atoms. The summed E-state index contributed by atoms with van der Waals surface area (Å²) in [4.78, 5) is 38.7. The normalized spacial score (nSPS) is 11.1. The molecular formula is C22H24N10O5. The van der Waals surface area contributed by atoms with Crippen molar-refractivity contribution in [2.45, 2.75) is 52.5 Å². The van der Waals surface area contributed by atoms with Crippen LogP contribution in [0.25, 0.3) is 17.2 Å². The molecule has 1 N–H and O–H groups in total. The van der Waals surface area contributed by atoms with Gasteiger partial charge in [0, 0.05) is 12.8 Å². The van der Waals surface area contributed by atoms with Crippen LogP contribution in [0.15, 0.2) is 30.3 Å². The van der Waals surface area contributed by atoms with Crippen LogP contribution in [0.3, 0.4) is 0 Å². The van der Waals surface area contributed by atoms with E-state index in [-0.39, 0.29) is 23.1 Å². The average molecular weight is 508 g/mol. The molecule has 15 heteroatoms. The van der Waals surface area contributed by atoms with Gasteiger partial charge in [-0.2, -0.15) is 4.57 Å². The third kappa shape index (κ3) is 5.24. The van der Waals surface area contributed by atoms with E-state index in [0.29, 0.717) is 37.3 Å². The number of hydrogen-bond acceptors (Lipinski definition) is 10. The number of benzene rings is 1. The minimum absolute atomic E-state index is 0.0867. The predicted octanol–water partition coefficient (Wildman–Crippen LogP) is 3.44. The highest BCUT2D eigenvalue weighted by Crippen LogP contribution is 2.37. The van der Waals surface area contributed by atoms with Gasteiger partial charge in [0.25, 0.3) is 5.69 Å². The molecule has 0 saturated heterocycles. The molecule has 15 nitrogen and oxygen atoms in total. The molecule has 0 spiro atoms. The number of tetrazole rings is 1. The van der Waals surface area contributed by atoms with E-state index >= 15 is 0 Å². The first-order chi connectivity index (χ1) is 17.8. The van der Waals surface area contributed by atoms with Gasteiger partial charge in [0.1, 0.15) is 17.6 Å². The molecule has 1 aromatic carbocycles. The second kappa shape index (κ2) is 10.8. The summed E-state index contributed by atoms with van der Waals surface area (Å²) in [7, 11) is 0.